The summed E-state index contributed by atoms with van der Waals surface area (Å²) in [6.45, 7) is 7.97. The topological polar surface area (TPSA) is 21.3 Å². The first-order valence-electron chi connectivity index (χ1n) is 5.28. The lowest BCUT2D eigenvalue weighted by atomic mass is 10.1. The maximum atomic E-state index is 5.66. The number of hydrogen-bond acceptors (Lipinski definition) is 3. The number of rotatable bonds is 6. The zero-order valence-electron chi connectivity index (χ0n) is 9.42. The first-order valence-corrected chi connectivity index (χ1v) is 6.95. The molecule has 2 nitrogen and oxygen atoms in total. The average Bonchev–Trinajstić information content (AvgIpc) is 2.61. The van der Waals surface area contributed by atoms with Crippen LogP contribution in [0.15, 0.2) is 15.9 Å². The summed E-state index contributed by atoms with van der Waals surface area (Å²) in [4.78, 5) is 1.32. The molecule has 2 unspecified atom stereocenters. The lowest BCUT2D eigenvalue weighted by Crippen LogP contribution is -2.31. The summed E-state index contributed by atoms with van der Waals surface area (Å²) in [5, 5.41) is 5.57. The number of nitrogens with one attached hydrogen (secondary N) is 1. The van der Waals surface area contributed by atoms with Crippen LogP contribution in [0.5, 0.6) is 0 Å². The van der Waals surface area contributed by atoms with Crippen molar-refractivity contribution in [2.45, 2.75) is 32.9 Å². The Morgan fingerprint density at radius 3 is 2.73 bits per heavy atom. The number of hydrogen-bond donors (Lipinski definition) is 1. The fraction of sp³-hybridized carbons (Fsp3) is 0.636. The molecule has 0 saturated heterocycles. The predicted molar refractivity (Wildman–Crippen MR) is 69.5 cm³/mol. The Kier molecular flexibility index (Phi) is 5.82. The third-order valence-corrected chi connectivity index (χ3v) is 4.20. The highest BCUT2D eigenvalue weighted by Crippen LogP contribution is 2.31. The van der Waals surface area contributed by atoms with E-state index in [0.29, 0.717) is 0 Å². The summed E-state index contributed by atoms with van der Waals surface area (Å²) in [6.07, 6.45) is 0.199. The van der Waals surface area contributed by atoms with Gasteiger partial charge in [-0.1, -0.05) is 6.92 Å². The van der Waals surface area contributed by atoms with Crippen molar-refractivity contribution in [3.63, 3.8) is 0 Å². The monoisotopic (exact) mass is 291 g/mol. The molecule has 0 aliphatic heterocycles. The van der Waals surface area contributed by atoms with E-state index in [9.17, 15) is 0 Å². The number of halogens is 1. The molecule has 2 atom stereocenters. The molecule has 86 valence electrons. The van der Waals surface area contributed by atoms with Crippen LogP contribution in [-0.4, -0.2) is 19.3 Å². The summed E-state index contributed by atoms with van der Waals surface area (Å²) in [5.74, 6) is 0. The minimum atomic E-state index is 0.199. The largest absolute Gasteiger partial charge is 0.377 e. The fourth-order valence-electron chi connectivity index (χ4n) is 1.58. The number of likely N-dealkylation sites (N-methyl/N-ethyl adjacent to an activating group) is 1. The van der Waals surface area contributed by atoms with Gasteiger partial charge in [-0.15, -0.1) is 11.3 Å². The molecular formula is C11H18BrNOS. The number of thiophene rings is 1. The molecule has 0 saturated carbocycles. The van der Waals surface area contributed by atoms with Crippen molar-refractivity contribution in [2.75, 3.05) is 13.2 Å². The molecule has 15 heavy (non-hydrogen) atoms. The van der Waals surface area contributed by atoms with Crippen LogP contribution in [0, 0.1) is 0 Å². The first kappa shape index (κ1) is 13.2. The van der Waals surface area contributed by atoms with Crippen molar-refractivity contribution in [1.29, 1.82) is 0 Å². The Bertz CT molecular complexity index is 290. The van der Waals surface area contributed by atoms with E-state index in [2.05, 4.69) is 46.5 Å². The molecule has 0 bridgehead atoms. The van der Waals surface area contributed by atoms with E-state index < -0.39 is 0 Å². The van der Waals surface area contributed by atoms with E-state index in [1.54, 1.807) is 11.3 Å². The Balaban J connectivity index is 2.77. The molecule has 0 amide bonds. The summed E-state index contributed by atoms with van der Waals surface area (Å²) in [6, 6.07) is 2.37. The third-order valence-electron chi connectivity index (χ3n) is 2.25. The first-order chi connectivity index (χ1) is 7.20. The molecule has 1 N–H and O–H groups in total. The van der Waals surface area contributed by atoms with Gasteiger partial charge in [0.25, 0.3) is 0 Å². The highest BCUT2D eigenvalue weighted by atomic mass is 79.9. The maximum absolute atomic E-state index is 5.66. The van der Waals surface area contributed by atoms with E-state index in [1.807, 2.05) is 6.92 Å². The third kappa shape index (κ3) is 3.55. The van der Waals surface area contributed by atoms with Gasteiger partial charge in [0, 0.05) is 16.0 Å². The van der Waals surface area contributed by atoms with Gasteiger partial charge in [0.2, 0.25) is 0 Å². The van der Waals surface area contributed by atoms with Gasteiger partial charge in [-0.05, 0) is 47.8 Å². The second-order valence-electron chi connectivity index (χ2n) is 3.33. The van der Waals surface area contributed by atoms with Crippen molar-refractivity contribution < 1.29 is 4.74 Å². The Labute approximate surface area is 104 Å². The zero-order chi connectivity index (χ0) is 11.3. The van der Waals surface area contributed by atoms with Crippen molar-refractivity contribution in [1.82, 2.24) is 5.32 Å². The highest BCUT2D eigenvalue weighted by molar-refractivity contribution is 9.10. The van der Waals surface area contributed by atoms with E-state index in [0.717, 1.165) is 13.2 Å². The van der Waals surface area contributed by atoms with Crippen LogP contribution in [0.2, 0.25) is 0 Å². The molecule has 1 heterocycles. The van der Waals surface area contributed by atoms with Crippen molar-refractivity contribution in [3.05, 3.63) is 20.8 Å². The standard InChI is InChI=1S/C11H18BrNOS/c1-4-13-10(8(3)14-5-2)11-9(12)6-7-15-11/h6-8,10,13H,4-5H2,1-3H3. The van der Waals surface area contributed by atoms with E-state index in [1.165, 1.54) is 9.35 Å². The van der Waals surface area contributed by atoms with E-state index >= 15 is 0 Å². The molecule has 0 aliphatic carbocycles. The van der Waals surface area contributed by atoms with E-state index in [-0.39, 0.29) is 12.1 Å². The average molecular weight is 292 g/mol. The Hall–Kier alpha value is 0.1000. The maximum Gasteiger partial charge on any atom is 0.0749 e. The summed E-state index contributed by atoms with van der Waals surface area (Å²) < 4.78 is 6.83. The second kappa shape index (κ2) is 6.63. The normalized spacial score (nSPS) is 15.2. The molecule has 0 aliphatic rings. The van der Waals surface area contributed by atoms with Crippen molar-refractivity contribution >= 4 is 27.3 Å². The van der Waals surface area contributed by atoms with Crippen LogP contribution in [0.25, 0.3) is 0 Å². The molecular weight excluding hydrogens is 274 g/mol. The van der Waals surface area contributed by atoms with Crippen LogP contribution in [0.1, 0.15) is 31.7 Å². The molecule has 1 aromatic heterocycles. The van der Waals surface area contributed by atoms with Gasteiger partial charge < -0.3 is 10.1 Å². The highest BCUT2D eigenvalue weighted by Gasteiger charge is 2.21. The lowest BCUT2D eigenvalue weighted by Gasteiger charge is -2.24. The van der Waals surface area contributed by atoms with Crippen LogP contribution >= 0.6 is 27.3 Å². The smallest absolute Gasteiger partial charge is 0.0749 e. The van der Waals surface area contributed by atoms with Gasteiger partial charge in [-0.3, -0.25) is 0 Å². The van der Waals surface area contributed by atoms with Gasteiger partial charge >= 0.3 is 0 Å². The Morgan fingerprint density at radius 1 is 1.53 bits per heavy atom. The van der Waals surface area contributed by atoms with Gasteiger partial charge in [0.1, 0.15) is 0 Å². The molecule has 4 heteroatoms. The summed E-state index contributed by atoms with van der Waals surface area (Å²) >= 11 is 5.33. The van der Waals surface area contributed by atoms with Crippen molar-refractivity contribution in [2.24, 2.45) is 0 Å². The summed E-state index contributed by atoms with van der Waals surface area (Å²) in [7, 11) is 0. The van der Waals surface area contributed by atoms with Gasteiger partial charge in [0.05, 0.1) is 12.1 Å². The van der Waals surface area contributed by atoms with Gasteiger partial charge in [0.15, 0.2) is 0 Å². The molecule has 0 fully saturated rings. The van der Waals surface area contributed by atoms with Crippen LogP contribution in [0.3, 0.4) is 0 Å². The van der Waals surface area contributed by atoms with Gasteiger partial charge in [-0.25, -0.2) is 0 Å². The van der Waals surface area contributed by atoms with Crippen molar-refractivity contribution in [3.8, 4) is 0 Å². The minimum Gasteiger partial charge on any atom is -0.377 e. The molecule has 0 spiro atoms. The van der Waals surface area contributed by atoms with Crippen LogP contribution in [-0.2, 0) is 4.74 Å². The lowest BCUT2D eigenvalue weighted by molar-refractivity contribution is 0.0484. The summed E-state index contributed by atoms with van der Waals surface area (Å²) in [5.41, 5.74) is 0. The molecule has 1 aromatic rings. The quantitative estimate of drug-likeness (QED) is 0.865. The van der Waals surface area contributed by atoms with Gasteiger partial charge in [-0.2, -0.15) is 0 Å². The van der Waals surface area contributed by atoms with Crippen LogP contribution in [0.4, 0.5) is 0 Å². The second-order valence-corrected chi connectivity index (χ2v) is 5.13. The van der Waals surface area contributed by atoms with E-state index in [4.69, 9.17) is 4.74 Å². The molecule has 1 rings (SSSR count). The predicted octanol–water partition coefficient (Wildman–Crippen LogP) is 3.59. The fourth-order valence-corrected chi connectivity index (χ4v) is 3.37. The SMILES string of the molecule is CCNC(c1sccc1Br)C(C)OCC. The Morgan fingerprint density at radius 2 is 2.27 bits per heavy atom. The minimum absolute atomic E-state index is 0.199. The van der Waals surface area contributed by atoms with Crippen LogP contribution < -0.4 is 5.32 Å². The zero-order valence-corrected chi connectivity index (χ0v) is 11.8. The molecule has 0 radical (unpaired) electrons. The molecule has 0 aromatic carbocycles. The number of ether oxygens (including phenoxy) is 1.